The summed E-state index contributed by atoms with van der Waals surface area (Å²) in [5, 5.41) is 7.38. The summed E-state index contributed by atoms with van der Waals surface area (Å²) < 4.78 is 6.01. The third kappa shape index (κ3) is 5.87. The van der Waals surface area contributed by atoms with Gasteiger partial charge in [-0.2, -0.15) is 9.97 Å². The fourth-order valence-corrected chi connectivity index (χ4v) is 4.04. The average Bonchev–Trinajstić information content (AvgIpc) is 2.79. The van der Waals surface area contributed by atoms with Crippen LogP contribution in [0, 0.1) is 0 Å². The summed E-state index contributed by atoms with van der Waals surface area (Å²) in [6.45, 7) is 3.68. The van der Waals surface area contributed by atoms with E-state index >= 15 is 0 Å². The minimum atomic E-state index is 0.392. The van der Waals surface area contributed by atoms with Crippen LogP contribution in [0.5, 0.6) is 11.6 Å². The molecule has 1 saturated heterocycles. The zero-order chi connectivity index (χ0) is 22.3. The molecule has 2 heterocycles. The molecule has 1 unspecified atom stereocenters. The maximum Gasteiger partial charge on any atom is 0.234 e. The predicted octanol–water partition coefficient (Wildman–Crippen LogP) is 5.79. The van der Waals surface area contributed by atoms with E-state index in [0.29, 0.717) is 40.3 Å². The maximum absolute atomic E-state index is 6.24. The molecule has 1 aromatic heterocycles. The van der Waals surface area contributed by atoms with E-state index in [9.17, 15) is 0 Å². The van der Waals surface area contributed by atoms with Crippen molar-refractivity contribution >= 4 is 40.7 Å². The van der Waals surface area contributed by atoms with E-state index in [1.54, 1.807) is 0 Å². The highest BCUT2D eigenvalue weighted by Gasteiger charge is 2.21. The maximum atomic E-state index is 6.24. The van der Waals surface area contributed by atoms with Crippen molar-refractivity contribution in [2.75, 3.05) is 16.8 Å². The molecule has 6 nitrogen and oxygen atoms in total. The van der Waals surface area contributed by atoms with E-state index in [1.807, 2.05) is 60.7 Å². The number of nitrogens with one attached hydrogen (secondary N) is 2. The summed E-state index contributed by atoms with van der Waals surface area (Å²) in [7, 11) is 0. The molecule has 0 spiro atoms. The summed E-state index contributed by atoms with van der Waals surface area (Å²) >= 11 is 11.7. The summed E-state index contributed by atoms with van der Waals surface area (Å²) in [4.78, 5) is 11.6. The van der Waals surface area contributed by atoms with Crippen LogP contribution in [0.15, 0.2) is 60.7 Å². The first-order valence-electron chi connectivity index (χ1n) is 10.8. The number of hydrogen-bond acceptors (Lipinski definition) is 5. The summed E-state index contributed by atoms with van der Waals surface area (Å²) in [5.41, 5.74) is 0.961. The molecule has 2 N–H and O–H groups in total. The van der Waals surface area contributed by atoms with Gasteiger partial charge in [0.05, 0.1) is 0 Å². The quantitative estimate of drug-likeness (QED) is 0.445. The number of benzene rings is 2. The largest absolute Gasteiger partial charge is 0.439 e. The van der Waals surface area contributed by atoms with E-state index in [0.717, 1.165) is 30.8 Å². The molecule has 0 bridgehead atoms. The summed E-state index contributed by atoms with van der Waals surface area (Å²) in [5.74, 6) is 2.40. The molecule has 1 aliphatic heterocycles. The highest BCUT2D eigenvalue weighted by molar-refractivity contribution is 7.80. The molecule has 0 aliphatic carbocycles. The Morgan fingerprint density at radius 2 is 1.91 bits per heavy atom. The van der Waals surface area contributed by atoms with Crippen LogP contribution in [-0.4, -0.2) is 27.7 Å². The Balaban J connectivity index is 1.52. The van der Waals surface area contributed by atoms with Crippen molar-refractivity contribution in [3.63, 3.8) is 0 Å². The fraction of sp³-hybridized carbons (Fsp3) is 0.292. The van der Waals surface area contributed by atoms with Gasteiger partial charge < -0.3 is 20.3 Å². The summed E-state index contributed by atoms with van der Waals surface area (Å²) in [6, 6.07) is 19.5. The number of anilines is 2. The topological polar surface area (TPSA) is 62.3 Å². The van der Waals surface area contributed by atoms with Crippen LogP contribution in [0.2, 0.25) is 5.02 Å². The van der Waals surface area contributed by atoms with Gasteiger partial charge in [-0.05, 0) is 62.2 Å². The Hall–Kier alpha value is -2.90. The standard InChI is InChI=1S/C24H26ClN5OS/c1-17-9-7-8-14-30(17)21-15-22(31-19-11-3-2-4-12-19)28-23(27-21)29-24(32)26-16-18-10-5-6-13-20(18)25/h2-6,10-13,15,17H,7-9,14,16H2,1H3,(H2,26,27,28,29,32). The molecule has 32 heavy (non-hydrogen) atoms. The van der Waals surface area contributed by atoms with Crippen molar-refractivity contribution in [1.82, 2.24) is 15.3 Å². The number of nitrogens with zero attached hydrogens (tertiary/aromatic N) is 3. The van der Waals surface area contributed by atoms with Gasteiger partial charge in [0, 0.05) is 30.2 Å². The molecule has 0 saturated carbocycles. The Kier molecular flexibility index (Phi) is 7.39. The van der Waals surface area contributed by atoms with Crippen molar-refractivity contribution < 1.29 is 4.74 Å². The molecule has 8 heteroatoms. The van der Waals surface area contributed by atoms with Crippen LogP contribution >= 0.6 is 23.8 Å². The van der Waals surface area contributed by atoms with Crippen LogP contribution in [0.3, 0.4) is 0 Å². The van der Waals surface area contributed by atoms with Gasteiger partial charge in [-0.1, -0.05) is 48.0 Å². The van der Waals surface area contributed by atoms with Gasteiger partial charge in [-0.25, -0.2) is 0 Å². The Morgan fingerprint density at radius 1 is 1.12 bits per heavy atom. The molecule has 1 atom stereocenters. The number of aromatic nitrogens is 2. The van der Waals surface area contributed by atoms with Crippen LogP contribution in [0.1, 0.15) is 31.7 Å². The molecule has 0 amide bonds. The zero-order valence-electron chi connectivity index (χ0n) is 17.9. The van der Waals surface area contributed by atoms with Crippen LogP contribution in [0.4, 0.5) is 11.8 Å². The first-order valence-corrected chi connectivity index (χ1v) is 11.5. The number of halogens is 1. The van der Waals surface area contributed by atoms with Crippen LogP contribution < -0.4 is 20.3 Å². The van der Waals surface area contributed by atoms with Gasteiger partial charge in [0.15, 0.2) is 5.11 Å². The first-order chi connectivity index (χ1) is 15.6. The lowest BCUT2D eigenvalue weighted by Gasteiger charge is -2.34. The highest BCUT2D eigenvalue weighted by atomic mass is 35.5. The lowest BCUT2D eigenvalue weighted by molar-refractivity contribution is 0.457. The molecule has 166 valence electrons. The number of piperidine rings is 1. The average molecular weight is 468 g/mol. The second-order valence-corrected chi connectivity index (χ2v) is 8.56. The number of hydrogen-bond donors (Lipinski definition) is 2. The second-order valence-electron chi connectivity index (χ2n) is 7.74. The van der Waals surface area contributed by atoms with Crippen molar-refractivity contribution in [2.24, 2.45) is 0 Å². The number of rotatable bonds is 6. The van der Waals surface area contributed by atoms with Gasteiger partial charge in [0.1, 0.15) is 11.6 Å². The van der Waals surface area contributed by atoms with E-state index in [1.165, 1.54) is 6.42 Å². The summed E-state index contributed by atoms with van der Waals surface area (Å²) in [6.07, 6.45) is 3.51. The number of thiocarbonyl (C=S) groups is 1. The Labute approximate surface area is 199 Å². The minimum Gasteiger partial charge on any atom is -0.439 e. The first kappa shape index (κ1) is 22.3. The van der Waals surface area contributed by atoms with E-state index in [4.69, 9.17) is 33.5 Å². The van der Waals surface area contributed by atoms with Gasteiger partial charge in [0.25, 0.3) is 0 Å². The Morgan fingerprint density at radius 3 is 2.69 bits per heavy atom. The fourth-order valence-electron chi connectivity index (χ4n) is 3.68. The van der Waals surface area contributed by atoms with Crippen molar-refractivity contribution in [2.45, 2.75) is 38.8 Å². The molecular formula is C24H26ClN5OS. The SMILES string of the molecule is CC1CCCCN1c1cc(Oc2ccccc2)nc(NC(=S)NCc2ccccc2Cl)n1. The third-order valence-electron chi connectivity index (χ3n) is 5.37. The van der Waals surface area contributed by atoms with Crippen LogP contribution in [-0.2, 0) is 6.54 Å². The lowest BCUT2D eigenvalue weighted by Crippen LogP contribution is -2.38. The zero-order valence-corrected chi connectivity index (χ0v) is 19.5. The molecular weight excluding hydrogens is 442 g/mol. The van der Waals surface area contributed by atoms with E-state index < -0.39 is 0 Å². The van der Waals surface area contributed by atoms with Gasteiger partial charge in [-0.15, -0.1) is 0 Å². The molecule has 1 fully saturated rings. The van der Waals surface area contributed by atoms with Crippen molar-refractivity contribution in [3.8, 4) is 11.6 Å². The molecule has 3 aromatic rings. The molecule has 0 radical (unpaired) electrons. The van der Waals surface area contributed by atoms with Gasteiger partial charge in [-0.3, -0.25) is 0 Å². The van der Waals surface area contributed by atoms with Crippen molar-refractivity contribution in [3.05, 3.63) is 71.2 Å². The van der Waals surface area contributed by atoms with E-state index in [-0.39, 0.29) is 0 Å². The van der Waals surface area contributed by atoms with Gasteiger partial charge >= 0.3 is 0 Å². The molecule has 2 aromatic carbocycles. The molecule has 1 aliphatic rings. The van der Waals surface area contributed by atoms with E-state index in [2.05, 4.69) is 27.4 Å². The number of ether oxygens (including phenoxy) is 1. The predicted molar refractivity (Wildman–Crippen MR) is 134 cm³/mol. The minimum absolute atomic E-state index is 0.392. The lowest BCUT2D eigenvalue weighted by atomic mass is 10.0. The van der Waals surface area contributed by atoms with Crippen molar-refractivity contribution in [1.29, 1.82) is 0 Å². The third-order valence-corrected chi connectivity index (χ3v) is 5.99. The highest BCUT2D eigenvalue weighted by Crippen LogP contribution is 2.28. The van der Waals surface area contributed by atoms with Gasteiger partial charge in [0.2, 0.25) is 11.8 Å². The molecule has 4 rings (SSSR count). The second kappa shape index (κ2) is 10.6. The smallest absolute Gasteiger partial charge is 0.234 e. The normalized spacial score (nSPS) is 15.8. The monoisotopic (exact) mass is 467 g/mol. The number of para-hydroxylation sites is 1. The Bertz CT molecular complexity index is 1070. The van der Waals surface area contributed by atoms with Crippen LogP contribution in [0.25, 0.3) is 0 Å².